The molecule has 0 fully saturated rings. The van der Waals surface area contributed by atoms with Gasteiger partial charge in [-0.2, -0.15) is 13.2 Å². The van der Waals surface area contributed by atoms with E-state index >= 15 is 0 Å². The largest absolute Gasteiger partial charge is 0.460 e. The summed E-state index contributed by atoms with van der Waals surface area (Å²) in [5.74, 6) is -1.50. The summed E-state index contributed by atoms with van der Waals surface area (Å²) in [5, 5.41) is 3.13. The number of ketones is 1. The highest BCUT2D eigenvalue weighted by Crippen LogP contribution is 2.43. The van der Waals surface area contributed by atoms with Crippen LogP contribution in [0, 0.1) is 0 Å². The Balaban J connectivity index is 2.04. The van der Waals surface area contributed by atoms with Gasteiger partial charge in [-0.25, -0.2) is 4.79 Å². The highest BCUT2D eigenvalue weighted by atomic mass is 19.4. The van der Waals surface area contributed by atoms with Gasteiger partial charge in [-0.1, -0.05) is 12.1 Å². The monoisotopic (exact) mass is 409 g/mol. The van der Waals surface area contributed by atoms with E-state index in [-0.39, 0.29) is 24.6 Å². The molecule has 1 heterocycles. The molecule has 8 heteroatoms. The van der Waals surface area contributed by atoms with Crippen molar-refractivity contribution in [3.63, 3.8) is 0 Å². The molecule has 0 bridgehead atoms. The topological polar surface area (TPSA) is 64.6 Å². The Labute approximate surface area is 166 Å². The van der Waals surface area contributed by atoms with Crippen molar-refractivity contribution in [3.8, 4) is 0 Å². The van der Waals surface area contributed by atoms with Crippen LogP contribution in [0.25, 0.3) is 0 Å². The first-order chi connectivity index (χ1) is 13.7. The minimum Gasteiger partial charge on any atom is -0.460 e. The number of alkyl halides is 3. The van der Waals surface area contributed by atoms with Gasteiger partial charge in [0.2, 0.25) is 0 Å². The third-order valence-corrected chi connectivity index (χ3v) is 5.09. The second-order valence-corrected chi connectivity index (χ2v) is 7.01. The molecule has 1 aliphatic heterocycles. The summed E-state index contributed by atoms with van der Waals surface area (Å²) in [4.78, 5) is 25.5. The Morgan fingerprint density at radius 2 is 1.86 bits per heavy atom. The van der Waals surface area contributed by atoms with Crippen molar-refractivity contribution in [2.75, 3.05) is 20.3 Å². The molecule has 156 valence electrons. The van der Waals surface area contributed by atoms with E-state index in [2.05, 4.69) is 5.32 Å². The zero-order chi connectivity index (χ0) is 21.2. The number of allylic oxidation sites excluding steroid dienone is 3. The highest BCUT2D eigenvalue weighted by Gasteiger charge is 2.39. The standard InChI is InChI=1S/C21H22F3NO4/c1-12-17(20(27)29-11-10-28-2)18(19-15(25-12)4-3-5-16(19)26)13-6-8-14(9-7-13)21(22,23)24/h6-9,18,25H,3-5,10-11H2,1-2H3/t18-/m0/s1. The van der Waals surface area contributed by atoms with Crippen molar-refractivity contribution in [1.29, 1.82) is 0 Å². The summed E-state index contributed by atoms with van der Waals surface area (Å²) in [7, 11) is 1.48. The molecule has 1 atom stereocenters. The van der Waals surface area contributed by atoms with Crippen LogP contribution in [0.5, 0.6) is 0 Å². The van der Waals surface area contributed by atoms with Gasteiger partial charge in [0.25, 0.3) is 0 Å². The van der Waals surface area contributed by atoms with E-state index in [9.17, 15) is 22.8 Å². The Morgan fingerprint density at radius 3 is 2.48 bits per heavy atom. The predicted octanol–water partition coefficient (Wildman–Crippen LogP) is 3.86. The number of Topliss-reactive ketones (excluding diaryl/α,β-unsaturated/α-hetero) is 1. The minimum absolute atomic E-state index is 0.0334. The predicted molar refractivity (Wildman–Crippen MR) is 98.7 cm³/mol. The minimum atomic E-state index is -4.47. The molecular weight excluding hydrogens is 387 g/mol. The van der Waals surface area contributed by atoms with Gasteiger partial charge in [-0.05, 0) is 37.5 Å². The van der Waals surface area contributed by atoms with Crippen LogP contribution in [0.2, 0.25) is 0 Å². The molecule has 29 heavy (non-hydrogen) atoms. The number of carbonyl (C=O) groups is 2. The van der Waals surface area contributed by atoms with E-state index in [1.807, 2.05) is 0 Å². The van der Waals surface area contributed by atoms with Crippen LogP contribution < -0.4 is 5.32 Å². The number of methoxy groups -OCH3 is 1. The van der Waals surface area contributed by atoms with Gasteiger partial charge in [0.15, 0.2) is 5.78 Å². The molecule has 1 N–H and O–H groups in total. The van der Waals surface area contributed by atoms with Crippen LogP contribution in [0.15, 0.2) is 46.8 Å². The number of dihydropyridines is 1. The normalized spacial score (nSPS) is 19.8. The van der Waals surface area contributed by atoms with Crippen molar-refractivity contribution in [1.82, 2.24) is 5.32 Å². The van der Waals surface area contributed by atoms with Crippen molar-refractivity contribution >= 4 is 11.8 Å². The first-order valence-corrected chi connectivity index (χ1v) is 9.31. The Bertz CT molecular complexity index is 869. The SMILES string of the molecule is COCCOC(=O)C1=C(C)NC2=C(C(=O)CCC2)[C@H]1c1ccc(C(F)(F)F)cc1. The summed E-state index contributed by atoms with van der Waals surface area (Å²) in [6.07, 6.45) is -2.80. The first kappa shape index (κ1) is 21.1. The van der Waals surface area contributed by atoms with Crippen LogP contribution in [0.1, 0.15) is 43.2 Å². The molecule has 0 aromatic heterocycles. The summed E-state index contributed by atoms with van der Waals surface area (Å²) in [5.41, 5.74) is 1.57. The average molecular weight is 409 g/mol. The lowest BCUT2D eigenvalue weighted by atomic mass is 9.75. The molecule has 5 nitrogen and oxygen atoms in total. The number of esters is 1. The first-order valence-electron chi connectivity index (χ1n) is 9.31. The smallest absolute Gasteiger partial charge is 0.416 e. The molecule has 0 saturated heterocycles. The van der Waals surface area contributed by atoms with Gasteiger partial charge in [0.1, 0.15) is 6.61 Å². The number of ether oxygens (including phenoxy) is 2. The Morgan fingerprint density at radius 1 is 1.17 bits per heavy atom. The van der Waals surface area contributed by atoms with Gasteiger partial charge in [-0.3, -0.25) is 4.79 Å². The third kappa shape index (κ3) is 4.37. The zero-order valence-electron chi connectivity index (χ0n) is 16.2. The second kappa shape index (κ2) is 8.41. The molecule has 0 spiro atoms. The number of halogens is 3. The van der Waals surface area contributed by atoms with Crippen LogP contribution in [0.4, 0.5) is 13.2 Å². The number of benzene rings is 1. The van der Waals surface area contributed by atoms with Crippen LogP contribution in [-0.2, 0) is 25.2 Å². The summed E-state index contributed by atoms with van der Waals surface area (Å²) in [6.45, 7) is 1.95. The van der Waals surface area contributed by atoms with Crippen LogP contribution >= 0.6 is 0 Å². The fourth-order valence-electron chi connectivity index (χ4n) is 3.75. The maximum Gasteiger partial charge on any atom is 0.416 e. The molecule has 2 aliphatic rings. The Kier molecular flexibility index (Phi) is 6.12. The van der Waals surface area contributed by atoms with E-state index in [1.54, 1.807) is 6.92 Å². The molecule has 0 radical (unpaired) electrons. The molecule has 0 amide bonds. The quantitative estimate of drug-likeness (QED) is 0.591. The number of carbonyl (C=O) groups excluding carboxylic acids is 2. The lowest BCUT2D eigenvalue weighted by molar-refractivity contribution is -0.141. The molecule has 0 saturated carbocycles. The molecule has 1 aromatic rings. The van der Waals surface area contributed by atoms with Gasteiger partial charge in [0.05, 0.1) is 17.7 Å². The fourth-order valence-corrected chi connectivity index (χ4v) is 3.75. The van der Waals surface area contributed by atoms with Crippen LogP contribution in [0.3, 0.4) is 0 Å². The molecule has 1 aliphatic carbocycles. The third-order valence-electron chi connectivity index (χ3n) is 5.09. The highest BCUT2D eigenvalue weighted by molar-refractivity contribution is 6.03. The fraction of sp³-hybridized carbons (Fsp3) is 0.429. The van der Waals surface area contributed by atoms with E-state index in [1.165, 1.54) is 19.2 Å². The summed E-state index contributed by atoms with van der Waals surface area (Å²) < 4.78 is 49.0. The van der Waals surface area contributed by atoms with Crippen molar-refractivity contribution in [2.24, 2.45) is 0 Å². The Hall–Kier alpha value is -2.61. The molecule has 3 rings (SSSR count). The van der Waals surface area contributed by atoms with E-state index in [0.29, 0.717) is 36.1 Å². The van der Waals surface area contributed by atoms with Gasteiger partial charge in [-0.15, -0.1) is 0 Å². The van der Waals surface area contributed by atoms with Gasteiger partial charge in [0, 0.05) is 36.4 Å². The lowest BCUT2D eigenvalue weighted by Crippen LogP contribution is -2.34. The lowest BCUT2D eigenvalue weighted by Gasteiger charge is -2.34. The van der Waals surface area contributed by atoms with Crippen molar-refractivity contribution < 1.29 is 32.2 Å². The summed E-state index contributed by atoms with van der Waals surface area (Å²) >= 11 is 0. The number of hydrogen-bond acceptors (Lipinski definition) is 5. The maximum absolute atomic E-state index is 13.0. The van der Waals surface area contributed by atoms with E-state index in [0.717, 1.165) is 17.8 Å². The van der Waals surface area contributed by atoms with Crippen molar-refractivity contribution in [3.05, 3.63) is 57.9 Å². The van der Waals surface area contributed by atoms with Gasteiger partial charge < -0.3 is 14.8 Å². The van der Waals surface area contributed by atoms with Crippen molar-refractivity contribution in [2.45, 2.75) is 38.3 Å². The number of hydrogen-bond donors (Lipinski definition) is 1. The number of rotatable bonds is 5. The molecular formula is C21H22F3NO4. The second-order valence-electron chi connectivity index (χ2n) is 7.01. The van der Waals surface area contributed by atoms with Gasteiger partial charge >= 0.3 is 12.1 Å². The van der Waals surface area contributed by atoms with Crippen LogP contribution in [-0.4, -0.2) is 32.1 Å². The zero-order valence-corrected chi connectivity index (χ0v) is 16.2. The van der Waals surface area contributed by atoms with E-state index < -0.39 is 23.6 Å². The number of nitrogens with one attached hydrogen (secondary N) is 1. The average Bonchev–Trinajstić information content (AvgIpc) is 2.66. The molecule has 0 unspecified atom stereocenters. The maximum atomic E-state index is 13.0. The van der Waals surface area contributed by atoms with E-state index in [4.69, 9.17) is 9.47 Å². The molecule has 1 aromatic carbocycles. The summed E-state index contributed by atoms with van der Waals surface area (Å²) in [6, 6.07) is 4.57.